The monoisotopic (exact) mass is 235 g/mol. The van der Waals surface area contributed by atoms with Gasteiger partial charge >= 0.3 is 0 Å². The van der Waals surface area contributed by atoms with Gasteiger partial charge in [0.1, 0.15) is 0 Å². The molecule has 1 nitrogen and oxygen atoms in total. The maximum atomic E-state index is 4.80. The van der Waals surface area contributed by atoms with Crippen LogP contribution in [0.25, 0.3) is 0 Å². The van der Waals surface area contributed by atoms with Crippen LogP contribution < -0.4 is 0 Å². The molecule has 0 unspecified atom stereocenters. The summed E-state index contributed by atoms with van der Waals surface area (Å²) in [4.78, 5) is 4.80. The van der Waals surface area contributed by atoms with Crippen LogP contribution in [0.4, 0.5) is 0 Å². The van der Waals surface area contributed by atoms with Gasteiger partial charge in [-0.25, -0.2) is 0 Å². The zero-order chi connectivity index (χ0) is 12.5. The number of aliphatic imine (C=N–C) groups is 1. The molecule has 90 valence electrons. The van der Waals surface area contributed by atoms with E-state index in [0.717, 1.165) is 5.71 Å². The molecular weight excluding hydrogens is 218 g/mol. The fourth-order valence-electron chi connectivity index (χ4n) is 2.93. The van der Waals surface area contributed by atoms with E-state index >= 15 is 0 Å². The molecule has 1 heteroatoms. The van der Waals surface area contributed by atoms with Gasteiger partial charge in [0.25, 0.3) is 0 Å². The summed E-state index contributed by atoms with van der Waals surface area (Å²) in [7, 11) is 0. The highest BCUT2D eigenvalue weighted by Gasteiger charge is 2.27. The number of nitrogens with zero attached hydrogens (tertiary/aromatic N) is 1. The Kier molecular flexibility index (Phi) is 2.75. The molecule has 0 N–H and O–H groups in total. The fourth-order valence-corrected chi connectivity index (χ4v) is 2.93. The highest BCUT2D eigenvalue weighted by atomic mass is 14.8. The van der Waals surface area contributed by atoms with Gasteiger partial charge in [-0.05, 0) is 30.5 Å². The van der Waals surface area contributed by atoms with E-state index in [-0.39, 0.29) is 0 Å². The highest BCUT2D eigenvalue weighted by Crippen LogP contribution is 2.35. The Morgan fingerprint density at radius 2 is 1.56 bits per heavy atom. The number of rotatable bonds is 1. The number of benzene rings is 2. The summed E-state index contributed by atoms with van der Waals surface area (Å²) >= 11 is 0. The zero-order valence-electron chi connectivity index (χ0n) is 10.8. The maximum Gasteiger partial charge on any atom is 0.0584 e. The molecule has 0 fully saturated rings. The normalized spacial score (nSPS) is 22.2. The van der Waals surface area contributed by atoms with Crippen molar-refractivity contribution in [1.82, 2.24) is 0 Å². The van der Waals surface area contributed by atoms with Gasteiger partial charge in [0.05, 0.1) is 6.04 Å². The SMILES string of the molecule is CC1=N[C@@H](C)[C@@H](c2ccccc2)c2ccccc21. The van der Waals surface area contributed by atoms with Crippen molar-refractivity contribution < 1.29 is 0 Å². The Labute approximate surface area is 108 Å². The Bertz CT molecular complexity index is 584. The minimum atomic E-state index is 0.308. The van der Waals surface area contributed by atoms with E-state index in [2.05, 4.69) is 68.4 Å². The molecule has 0 saturated heterocycles. The van der Waals surface area contributed by atoms with Gasteiger partial charge in [0.15, 0.2) is 0 Å². The molecule has 0 saturated carbocycles. The Morgan fingerprint density at radius 3 is 2.33 bits per heavy atom. The van der Waals surface area contributed by atoms with Crippen molar-refractivity contribution >= 4 is 5.71 Å². The molecule has 1 heterocycles. The van der Waals surface area contributed by atoms with Gasteiger partial charge in [-0.1, -0.05) is 54.6 Å². The Hall–Kier alpha value is -1.89. The van der Waals surface area contributed by atoms with Gasteiger partial charge in [0, 0.05) is 11.6 Å². The van der Waals surface area contributed by atoms with Crippen molar-refractivity contribution in [3.8, 4) is 0 Å². The smallest absolute Gasteiger partial charge is 0.0584 e. The molecule has 0 bridgehead atoms. The molecule has 2 aromatic rings. The first-order valence-electron chi connectivity index (χ1n) is 6.46. The number of hydrogen-bond donors (Lipinski definition) is 0. The molecule has 2 atom stereocenters. The number of fused-ring (bicyclic) bond motifs is 1. The quantitative estimate of drug-likeness (QED) is 0.707. The first-order chi connectivity index (χ1) is 8.77. The molecule has 1 aliphatic heterocycles. The van der Waals surface area contributed by atoms with Gasteiger partial charge in [-0.15, -0.1) is 0 Å². The third kappa shape index (κ3) is 1.76. The number of hydrogen-bond acceptors (Lipinski definition) is 1. The summed E-state index contributed by atoms with van der Waals surface area (Å²) in [5.41, 5.74) is 5.21. The van der Waals surface area contributed by atoms with E-state index in [9.17, 15) is 0 Å². The molecule has 3 rings (SSSR count). The molecule has 0 spiro atoms. The van der Waals surface area contributed by atoms with Crippen LogP contribution in [-0.2, 0) is 0 Å². The summed E-state index contributed by atoms with van der Waals surface area (Å²) in [6, 6.07) is 19.6. The minimum Gasteiger partial charge on any atom is -0.285 e. The van der Waals surface area contributed by atoms with Crippen molar-refractivity contribution in [3.63, 3.8) is 0 Å². The van der Waals surface area contributed by atoms with Crippen LogP contribution in [0, 0.1) is 0 Å². The lowest BCUT2D eigenvalue weighted by Gasteiger charge is -2.29. The molecule has 0 amide bonds. The van der Waals surface area contributed by atoms with E-state index in [1.54, 1.807) is 0 Å². The van der Waals surface area contributed by atoms with Crippen LogP contribution in [0.15, 0.2) is 59.6 Å². The van der Waals surface area contributed by atoms with Crippen molar-refractivity contribution in [2.24, 2.45) is 4.99 Å². The van der Waals surface area contributed by atoms with Crippen molar-refractivity contribution in [2.45, 2.75) is 25.8 Å². The summed E-state index contributed by atoms with van der Waals surface area (Å²) in [5, 5.41) is 0. The summed E-state index contributed by atoms with van der Waals surface area (Å²) in [6.45, 7) is 4.31. The third-order valence-electron chi connectivity index (χ3n) is 3.72. The van der Waals surface area contributed by atoms with E-state index in [0.29, 0.717) is 12.0 Å². The molecular formula is C17H17N. The Balaban J connectivity index is 2.17. The molecule has 18 heavy (non-hydrogen) atoms. The van der Waals surface area contributed by atoms with E-state index < -0.39 is 0 Å². The predicted molar refractivity (Wildman–Crippen MR) is 76.4 cm³/mol. The lowest BCUT2D eigenvalue weighted by atomic mass is 9.80. The van der Waals surface area contributed by atoms with Gasteiger partial charge in [-0.3, -0.25) is 4.99 Å². The highest BCUT2D eigenvalue weighted by molar-refractivity contribution is 6.01. The second-order valence-electron chi connectivity index (χ2n) is 4.93. The fraction of sp³-hybridized carbons (Fsp3) is 0.235. The van der Waals surface area contributed by atoms with Crippen molar-refractivity contribution in [1.29, 1.82) is 0 Å². The largest absolute Gasteiger partial charge is 0.285 e. The topological polar surface area (TPSA) is 12.4 Å². The van der Waals surface area contributed by atoms with Crippen LogP contribution in [0.2, 0.25) is 0 Å². The summed E-state index contributed by atoms with van der Waals surface area (Å²) < 4.78 is 0. The first kappa shape index (κ1) is 11.2. The maximum absolute atomic E-state index is 4.80. The Morgan fingerprint density at radius 1 is 0.889 bits per heavy atom. The molecule has 2 aromatic carbocycles. The second kappa shape index (κ2) is 4.41. The van der Waals surface area contributed by atoms with Gasteiger partial charge < -0.3 is 0 Å². The first-order valence-corrected chi connectivity index (χ1v) is 6.46. The second-order valence-corrected chi connectivity index (χ2v) is 4.93. The van der Waals surface area contributed by atoms with Crippen LogP contribution >= 0.6 is 0 Å². The van der Waals surface area contributed by atoms with Crippen LogP contribution in [0.5, 0.6) is 0 Å². The van der Waals surface area contributed by atoms with Gasteiger partial charge in [0.2, 0.25) is 0 Å². The van der Waals surface area contributed by atoms with Crippen LogP contribution in [0.1, 0.15) is 36.5 Å². The standard InChI is InChI=1S/C17H17N/c1-12-15-10-6-7-11-16(15)17(13(2)18-12)14-8-4-3-5-9-14/h3-11,13,17H,1-2H3/t13-,17-/m0/s1. The van der Waals surface area contributed by atoms with Gasteiger partial charge in [-0.2, -0.15) is 0 Å². The molecule has 0 aromatic heterocycles. The molecule has 1 aliphatic rings. The van der Waals surface area contributed by atoms with Crippen LogP contribution in [-0.4, -0.2) is 11.8 Å². The van der Waals surface area contributed by atoms with Crippen molar-refractivity contribution in [2.75, 3.05) is 0 Å². The van der Waals surface area contributed by atoms with Crippen molar-refractivity contribution in [3.05, 3.63) is 71.3 Å². The lowest BCUT2D eigenvalue weighted by molar-refractivity contribution is 0.636. The summed E-state index contributed by atoms with van der Waals surface area (Å²) in [6.07, 6.45) is 0. The zero-order valence-corrected chi connectivity index (χ0v) is 10.8. The van der Waals surface area contributed by atoms with Crippen LogP contribution in [0.3, 0.4) is 0 Å². The van der Waals surface area contributed by atoms with E-state index in [4.69, 9.17) is 4.99 Å². The molecule has 0 aliphatic carbocycles. The van der Waals surface area contributed by atoms with E-state index in [1.807, 2.05) is 0 Å². The summed E-state index contributed by atoms with van der Waals surface area (Å²) in [5.74, 6) is 0.381. The molecule has 0 radical (unpaired) electrons. The average molecular weight is 235 g/mol. The lowest BCUT2D eigenvalue weighted by Crippen LogP contribution is -2.23. The minimum absolute atomic E-state index is 0.308. The average Bonchev–Trinajstić information content (AvgIpc) is 2.40. The third-order valence-corrected chi connectivity index (χ3v) is 3.72. The predicted octanol–water partition coefficient (Wildman–Crippen LogP) is 4.03. The van der Waals surface area contributed by atoms with E-state index in [1.165, 1.54) is 16.7 Å².